The van der Waals surface area contributed by atoms with E-state index in [0.717, 1.165) is 12.2 Å². The van der Waals surface area contributed by atoms with Crippen molar-refractivity contribution in [1.82, 2.24) is 9.97 Å². The van der Waals surface area contributed by atoms with Crippen LogP contribution in [0.1, 0.15) is 27.2 Å². The number of rotatable bonds is 6. The van der Waals surface area contributed by atoms with Gasteiger partial charge >= 0.3 is 0 Å². The Hall–Kier alpha value is -1.36. The highest BCUT2D eigenvalue weighted by molar-refractivity contribution is 5.39. The molecule has 1 heterocycles. The number of hydrogen-bond acceptors (Lipinski definition) is 5. The predicted molar refractivity (Wildman–Crippen MR) is 64.6 cm³/mol. The van der Waals surface area contributed by atoms with Crippen LogP contribution in [0, 0.1) is 0 Å². The second kappa shape index (κ2) is 5.65. The first-order valence-corrected chi connectivity index (χ1v) is 5.50. The van der Waals surface area contributed by atoms with E-state index in [9.17, 15) is 0 Å². The van der Waals surface area contributed by atoms with Gasteiger partial charge in [-0.3, -0.25) is 0 Å². The molecule has 5 heteroatoms. The molecule has 0 spiro atoms. The van der Waals surface area contributed by atoms with Gasteiger partial charge in [-0.1, -0.05) is 0 Å². The van der Waals surface area contributed by atoms with Crippen molar-refractivity contribution in [2.45, 2.75) is 32.7 Å². The van der Waals surface area contributed by atoms with E-state index in [1.807, 2.05) is 6.92 Å². The number of hydrogen-bond donors (Lipinski definition) is 2. The van der Waals surface area contributed by atoms with Crippen LogP contribution in [0.25, 0.3) is 0 Å². The number of anilines is 1. The zero-order chi connectivity index (χ0) is 12.0. The molecule has 5 nitrogen and oxygen atoms in total. The van der Waals surface area contributed by atoms with Crippen LogP contribution in [0.3, 0.4) is 0 Å². The van der Waals surface area contributed by atoms with Crippen molar-refractivity contribution < 1.29 is 4.74 Å². The monoisotopic (exact) mass is 224 g/mol. The maximum absolute atomic E-state index is 5.55. The van der Waals surface area contributed by atoms with Crippen LogP contribution in [-0.2, 0) is 0 Å². The van der Waals surface area contributed by atoms with E-state index < -0.39 is 0 Å². The van der Waals surface area contributed by atoms with E-state index in [1.54, 1.807) is 6.07 Å². The molecule has 0 aliphatic carbocycles. The minimum atomic E-state index is -0.0768. The second-order valence-corrected chi connectivity index (χ2v) is 4.22. The molecule has 0 aliphatic rings. The SMILES string of the molecule is CCOc1cc(NC(C)(C)CCN)ncn1. The molecular formula is C11H20N4O. The standard InChI is InChI=1S/C11H20N4O/c1-4-16-10-7-9(13-8-14-10)15-11(2,3)5-6-12/h7-8H,4-6,12H2,1-3H3,(H,13,14,15). The number of ether oxygens (including phenoxy) is 1. The molecule has 90 valence electrons. The third kappa shape index (κ3) is 4.02. The Bertz CT molecular complexity index is 328. The van der Waals surface area contributed by atoms with E-state index in [1.165, 1.54) is 6.33 Å². The average Bonchev–Trinajstić information content (AvgIpc) is 2.17. The Morgan fingerprint density at radius 3 is 2.81 bits per heavy atom. The zero-order valence-corrected chi connectivity index (χ0v) is 10.2. The van der Waals surface area contributed by atoms with Crippen LogP contribution < -0.4 is 15.8 Å². The largest absolute Gasteiger partial charge is 0.478 e. The summed E-state index contributed by atoms with van der Waals surface area (Å²) in [5.41, 5.74) is 5.47. The number of nitrogens with zero attached hydrogens (tertiary/aromatic N) is 2. The van der Waals surface area contributed by atoms with Crippen molar-refractivity contribution in [3.05, 3.63) is 12.4 Å². The molecule has 0 fully saturated rings. The Balaban J connectivity index is 2.69. The van der Waals surface area contributed by atoms with Gasteiger partial charge in [0.25, 0.3) is 0 Å². The maximum Gasteiger partial charge on any atom is 0.218 e. The Morgan fingerprint density at radius 2 is 2.19 bits per heavy atom. The number of nitrogens with two attached hydrogens (primary N) is 1. The number of aromatic nitrogens is 2. The van der Waals surface area contributed by atoms with Crippen LogP contribution in [-0.4, -0.2) is 28.7 Å². The Kier molecular flexibility index (Phi) is 4.49. The van der Waals surface area contributed by atoms with Crippen LogP contribution in [0.2, 0.25) is 0 Å². The van der Waals surface area contributed by atoms with Crippen LogP contribution in [0.5, 0.6) is 5.88 Å². The van der Waals surface area contributed by atoms with Crippen molar-refractivity contribution in [3.8, 4) is 5.88 Å². The smallest absolute Gasteiger partial charge is 0.218 e. The van der Waals surface area contributed by atoms with Crippen molar-refractivity contribution in [2.24, 2.45) is 5.73 Å². The molecule has 0 radical (unpaired) electrons. The van der Waals surface area contributed by atoms with Gasteiger partial charge in [0.2, 0.25) is 5.88 Å². The van der Waals surface area contributed by atoms with Crippen molar-refractivity contribution in [3.63, 3.8) is 0 Å². The maximum atomic E-state index is 5.55. The van der Waals surface area contributed by atoms with Crippen molar-refractivity contribution in [1.29, 1.82) is 0 Å². The molecular weight excluding hydrogens is 204 g/mol. The first-order chi connectivity index (χ1) is 7.57. The molecule has 16 heavy (non-hydrogen) atoms. The third-order valence-corrected chi connectivity index (χ3v) is 2.17. The molecule has 0 unspecified atom stereocenters. The highest BCUT2D eigenvalue weighted by Gasteiger charge is 2.16. The molecule has 1 aromatic rings. The fourth-order valence-electron chi connectivity index (χ4n) is 1.40. The lowest BCUT2D eigenvalue weighted by molar-refractivity contribution is 0.326. The topological polar surface area (TPSA) is 73.1 Å². The van der Waals surface area contributed by atoms with Gasteiger partial charge in [-0.25, -0.2) is 9.97 Å². The molecule has 1 aromatic heterocycles. The lowest BCUT2D eigenvalue weighted by Crippen LogP contribution is -2.33. The molecule has 3 N–H and O–H groups in total. The molecule has 0 atom stereocenters. The minimum Gasteiger partial charge on any atom is -0.478 e. The highest BCUT2D eigenvalue weighted by atomic mass is 16.5. The Morgan fingerprint density at radius 1 is 1.44 bits per heavy atom. The fourth-order valence-corrected chi connectivity index (χ4v) is 1.40. The Labute approximate surface area is 96.4 Å². The summed E-state index contributed by atoms with van der Waals surface area (Å²) in [5, 5.41) is 3.31. The quantitative estimate of drug-likeness (QED) is 0.764. The van der Waals surface area contributed by atoms with Gasteiger partial charge in [-0.15, -0.1) is 0 Å². The lowest BCUT2D eigenvalue weighted by Gasteiger charge is -2.26. The molecule has 0 amide bonds. The molecule has 0 saturated heterocycles. The summed E-state index contributed by atoms with van der Waals surface area (Å²) in [5.74, 6) is 1.35. The van der Waals surface area contributed by atoms with E-state index in [0.29, 0.717) is 19.0 Å². The first-order valence-electron chi connectivity index (χ1n) is 5.50. The first kappa shape index (κ1) is 12.7. The van der Waals surface area contributed by atoms with Gasteiger partial charge < -0.3 is 15.8 Å². The second-order valence-electron chi connectivity index (χ2n) is 4.22. The van der Waals surface area contributed by atoms with E-state index in [-0.39, 0.29) is 5.54 Å². The van der Waals surface area contributed by atoms with E-state index in [4.69, 9.17) is 10.5 Å². The summed E-state index contributed by atoms with van der Waals surface area (Å²) in [6.45, 7) is 7.34. The summed E-state index contributed by atoms with van der Waals surface area (Å²) in [7, 11) is 0. The molecule has 0 saturated carbocycles. The highest BCUT2D eigenvalue weighted by Crippen LogP contribution is 2.18. The summed E-state index contributed by atoms with van der Waals surface area (Å²) in [6, 6.07) is 1.79. The lowest BCUT2D eigenvalue weighted by atomic mass is 10.0. The van der Waals surface area contributed by atoms with E-state index >= 15 is 0 Å². The van der Waals surface area contributed by atoms with Gasteiger partial charge in [0.1, 0.15) is 12.1 Å². The van der Waals surface area contributed by atoms with Gasteiger partial charge in [-0.2, -0.15) is 0 Å². The summed E-state index contributed by atoms with van der Waals surface area (Å²) < 4.78 is 5.31. The minimum absolute atomic E-state index is 0.0768. The zero-order valence-electron chi connectivity index (χ0n) is 10.2. The van der Waals surface area contributed by atoms with Crippen LogP contribution >= 0.6 is 0 Å². The summed E-state index contributed by atoms with van der Waals surface area (Å²) in [4.78, 5) is 8.15. The van der Waals surface area contributed by atoms with E-state index in [2.05, 4.69) is 29.1 Å². The molecule has 0 bridgehead atoms. The van der Waals surface area contributed by atoms with Crippen LogP contribution in [0.4, 0.5) is 5.82 Å². The predicted octanol–water partition coefficient (Wildman–Crippen LogP) is 1.41. The van der Waals surface area contributed by atoms with Crippen molar-refractivity contribution >= 4 is 5.82 Å². The normalized spacial score (nSPS) is 11.2. The van der Waals surface area contributed by atoms with Crippen molar-refractivity contribution in [2.75, 3.05) is 18.5 Å². The van der Waals surface area contributed by atoms with Gasteiger partial charge in [-0.05, 0) is 33.7 Å². The third-order valence-electron chi connectivity index (χ3n) is 2.17. The average molecular weight is 224 g/mol. The van der Waals surface area contributed by atoms with Gasteiger partial charge in [0.05, 0.1) is 6.61 Å². The summed E-state index contributed by atoms with van der Waals surface area (Å²) >= 11 is 0. The van der Waals surface area contributed by atoms with Crippen LogP contribution in [0.15, 0.2) is 12.4 Å². The molecule has 0 aliphatic heterocycles. The fraction of sp³-hybridized carbons (Fsp3) is 0.636. The van der Waals surface area contributed by atoms with Gasteiger partial charge in [0.15, 0.2) is 0 Å². The molecule has 0 aromatic carbocycles. The molecule has 1 rings (SSSR count). The number of nitrogens with one attached hydrogen (secondary N) is 1. The summed E-state index contributed by atoms with van der Waals surface area (Å²) in [6.07, 6.45) is 2.37. The van der Waals surface area contributed by atoms with Gasteiger partial charge in [0, 0.05) is 11.6 Å².